The molecule has 1 heteroatoms. The van der Waals surface area contributed by atoms with Gasteiger partial charge in [-0.15, -0.1) is 0 Å². The van der Waals surface area contributed by atoms with E-state index >= 15 is 0 Å². The van der Waals surface area contributed by atoms with Gasteiger partial charge in [0.15, 0.2) is 0 Å². The minimum Gasteiger partial charge on any atom is -0.299 e. The normalized spacial score (nSPS) is 31.2. The Morgan fingerprint density at radius 3 is 2.58 bits per heavy atom. The van der Waals surface area contributed by atoms with Crippen molar-refractivity contribution in [1.82, 2.24) is 0 Å². The van der Waals surface area contributed by atoms with Gasteiger partial charge in [0, 0.05) is 11.8 Å². The van der Waals surface area contributed by atoms with Gasteiger partial charge >= 0.3 is 0 Å². The fraction of sp³-hybridized carbons (Fsp3) is 0.909. The lowest BCUT2D eigenvalue weighted by molar-refractivity contribution is -0.130. The van der Waals surface area contributed by atoms with Crippen molar-refractivity contribution < 1.29 is 4.79 Å². The highest BCUT2D eigenvalue weighted by atomic mass is 16.1. The molecule has 0 aromatic rings. The summed E-state index contributed by atoms with van der Waals surface area (Å²) in [7, 11) is 0. The minimum absolute atomic E-state index is 0.365. The molecule has 0 N–H and O–H groups in total. The highest BCUT2D eigenvalue weighted by Crippen LogP contribution is 2.31. The van der Waals surface area contributed by atoms with Crippen LogP contribution >= 0.6 is 0 Å². The molecule has 1 fully saturated rings. The minimum atomic E-state index is 0.365. The fourth-order valence-electron chi connectivity index (χ4n) is 2.24. The molecule has 0 aliphatic heterocycles. The van der Waals surface area contributed by atoms with Crippen LogP contribution in [0.3, 0.4) is 0 Å². The molecule has 1 aliphatic rings. The Morgan fingerprint density at radius 2 is 2.08 bits per heavy atom. The monoisotopic (exact) mass is 168 g/mol. The Hall–Kier alpha value is -0.330. The van der Waals surface area contributed by atoms with Crippen LogP contribution in [-0.4, -0.2) is 5.78 Å². The van der Waals surface area contributed by atoms with Gasteiger partial charge in [-0.2, -0.15) is 0 Å². The number of hydrogen-bond donors (Lipinski definition) is 0. The molecule has 1 rings (SSSR count). The smallest absolute Gasteiger partial charge is 0.139 e. The van der Waals surface area contributed by atoms with Crippen molar-refractivity contribution in [3.63, 3.8) is 0 Å². The molecule has 70 valence electrons. The Morgan fingerprint density at radius 1 is 1.42 bits per heavy atom. The third kappa shape index (κ3) is 1.88. The van der Waals surface area contributed by atoms with Gasteiger partial charge in [0.2, 0.25) is 0 Å². The van der Waals surface area contributed by atoms with Crippen LogP contribution in [0.4, 0.5) is 0 Å². The van der Waals surface area contributed by atoms with Crippen LogP contribution < -0.4 is 0 Å². The van der Waals surface area contributed by atoms with E-state index in [1.165, 1.54) is 6.42 Å². The molecule has 0 spiro atoms. The van der Waals surface area contributed by atoms with E-state index in [0.29, 0.717) is 23.5 Å². The summed E-state index contributed by atoms with van der Waals surface area (Å²) in [6, 6.07) is 0. The molecular weight excluding hydrogens is 148 g/mol. The van der Waals surface area contributed by atoms with Gasteiger partial charge < -0.3 is 0 Å². The molecule has 0 amide bonds. The van der Waals surface area contributed by atoms with Crippen molar-refractivity contribution in [1.29, 1.82) is 0 Å². The van der Waals surface area contributed by atoms with E-state index in [1.807, 2.05) is 0 Å². The van der Waals surface area contributed by atoms with Crippen LogP contribution in [-0.2, 0) is 4.79 Å². The third-order valence-electron chi connectivity index (χ3n) is 3.13. The third-order valence-corrected chi connectivity index (χ3v) is 3.13. The van der Waals surface area contributed by atoms with Crippen LogP contribution in [0.15, 0.2) is 0 Å². The molecule has 0 aromatic heterocycles. The maximum atomic E-state index is 11.8. The topological polar surface area (TPSA) is 17.1 Å². The molecule has 0 bridgehead atoms. The lowest BCUT2D eigenvalue weighted by Crippen LogP contribution is -2.31. The van der Waals surface area contributed by atoms with E-state index in [9.17, 15) is 4.79 Å². The van der Waals surface area contributed by atoms with Crippen molar-refractivity contribution in [2.24, 2.45) is 17.8 Å². The summed E-state index contributed by atoms with van der Waals surface area (Å²) < 4.78 is 0. The molecule has 0 radical (unpaired) electrons. The lowest BCUT2D eigenvalue weighted by atomic mass is 9.74. The van der Waals surface area contributed by atoms with Crippen LogP contribution in [0.1, 0.15) is 46.5 Å². The lowest BCUT2D eigenvalue weighted by Gasteiger charge is -2.29. The largest absolute Gasteiger partial charge is 0.299 e. The summed E-state index contributed by atoms with van der Waals surface area (Å²) in [5.74, 6) is 1.83. The van der Waals surface area contributed by atoms with Crippen molar-refractivity contribution in [3.05, 3.63) is 0 Å². The molecule has 12 heavy (non-hydrogen) atoms. The van der Waals surface area contributed by atoms with Crippen LogP contribution in [0.2, 0.25) is 0 Å². The van der Waals surface area contributed by atoms with E-state index in [1.54, 1.807) is 0 Å². The highest BCUT2D eigenvalue weighted by molar-refractivity contribution is 5.84. The predicted octanol–water partition coefficient (Wildman–Crippen LogP) is 3.04. The molecule has 0 heterocycles. The van der Waals surface area contributed by atoms with Gasteiger partial charge in [-0.05, 0) is 25.2 Å². The molecule has 2 atom stereocenters. The number of rotatable bonds is 2. The molecular formula is C11H20O. The highest BCUT2D eigenvalue weighted by Gasteiger charge is 2.31. The molecule has 0 saturated heterocycles. The van der Waals surface area contributed by atoms with E-state index in [4.69, 9.17) is 0 Å². The maximum Gasteiger partial charge on any atom is 0.139 e. The summed E-state index contributed by atoms with van der Waals surface area (Å²) in [5.41, 5.74) is 0. The summed E-state index contributed by atoms with van der Waals surface area (Å²) in [6.07, 6.45) is 4.57. The number of carbonyl (C=O) groups is 1. The standard InChI is InChI=1S/C11H20O/c1-4-9-6-5-7-10(8(2)3)11(9)12/h8-10H,4-7H2,1-3H3. The number of Topliss-reactive ketones (excluding diaryl/α,β-unsaturated/α-hetero) is 1. The zero-order valence-electron chi connectivity index (χ0n) is 8.47. The number of carbonyl (C=O) groups excluding carboxylic acids is 1. The molecule has 1 nitrogen and oxygen atoms in total. The first kappa shape index (κ1) is 9.76. The van der Waals surface area contributed by atoms with Gasteiger partial charge in [0.05, 0.1) is 0 Å². The van der Waals surface area contributed by atoms with Crippen molar-refractivity contribution in [2.75, 3.05) is 0 Å². The van der Waals surface area contributed by atoms with Crippen molar-refractivity contribution >= 4 is 5.78 Å². The zero-order valence-corrected chi connectivity index (χ0v) is 8.47. The quantitative estimate of drug-likeness (QED) is 0.619. The molecule has 1 aliphatic carbocycles. The van der Waals surface area contributed by atoms with Gasteiger partial charge in [-0.1, -0.05) is 27.2 Å². The number of ketones is 1. The SMILES string of the molecule is CCC1CCCC(C(C)C)C1=O. The van der Waals surface area contributed by atoms with E-state index in [-0.39, 0.29) is 0 Å². The maximum absolute atomic E-state index is 11.8. The average Bonchev–Trinajstić information content (AvgIpc) is 2.04. The van der Waals surface area contributed by atoms with Gasteiger partial charge in [-0.25, -0.2) is 0 Å². The van der Waals surface area contributed by atoms with E-state index < -0.39 is 0 Å². The van der Waals surface area contributed by atoms with Crippen molar-refractivity contribution in [2.45, 2.75) is 46.5 Å². The fourth-order valence-corrected chi connectivity index (χ4v) is 2.24. The summed E-state index contributed by atoms with van der Waals surface area (Å²) >= 11 is 0. The van der Waals surface area contributed by atoms with Crippen molar-refractivity contribution in [3.8, 4) is 0 Å². The van der Waals surface area contributed by atoms with Gasteiger partial charge in [-0.3, -0.25) is 4.79 Å². The van der Waals surface area contributed by atoms with Gasteiger partial charge in [0.1, 0.15) is 5.78 Å². The summed E-state index contributed by atoms with van der Waals surface area (Å²) in [5, 5.41) is 0. The summed E-state index contributed by atoms with van der Waals surface area (Å²) in [4.78, 5) is 11.8. The van der Waals surface area contributed by atoms with E-state index in [0.717, 1.165) is 19.3 Å². The van der Waals surface area contributed by atoms with Crippen LogP contribution in [0, 0.1) is 17.8 Å². The molecule has 0 aromatic carbocycles. The average molecular weight is 168 g/mol. The predicted molar refractivity (Wildman–Crippen MR) is 51.0 cm³/mol. The first-order chi connectivity index (χ1) is 5.66. The first-order valence-corrected chi connectivity index (χ1v) is 5.20. The Labute approximate surface area is 75.5 Å². The second-order valence-electron chi connectivity index (χ2n) is 4.29. The first-order valence-electron chi connectivity index (χ1n) is 5.20. The Bertz CT molecular complexity index is 160. The molecule has 1 saturated carbocycles. The number of hydrogen-bond acceptors (Lipinski definition) is 1. The Balaban J connectivity index is 2.59. The molecule has 2 unspecified atom stereocenters. The van der Waals surface area contributed by atoms with Gasteiger partial charge in [0.25, 0.3) is 0 Å². The zero-order chi connectivity index (χ0) is 9.14. The summed E-state index contributed by atoms with van der Waals surface area (Å²) in [6.45, 7) is 6.46. The van der Waals surface area contributed by atoms with Crippen LogP contribution in [0.5, 0.6) is 0 Å². The second-order valence-corrected chi connectivity index (χ2v) is 4.29. The van der Waals surface area contributed by atoms with Crippen LogP contribution in [0.25, 0.3) is 0 Å². The van der Waals surface area contributed by atoms with E-state index in [2.05, 4.69) is 20.8 Å². The second kappa shape index (κ2) is 4.06. The Kier molecular flexibility index (Phi) is 3.30.